The molecule has 134 valence electrons. The van der Waals surface area contributed by atoms with Crippen molar-refractivity contribution in [3.05, 3.63) is 49.6 Å². The number of nitrogens with two attached hydrogens (primary N) is 2. The molecule has 0 saturated carbocycles. The Morgan fingerprint density at radius 2 is 2.08 bits per heavy atom. The number of aromatic nitrogens is 2. The summed E-state index contributed by atoms with van der Waals surface area (Å²) >= 11 is 6.48. The molecule has 1 aromatic carbocycles. The topological polar surface area (TPSA) is 99.3 Å². The monoisotopic (exact) mass is 367 g/mol. The number of hydrogen-bond acceptors (Lipinski definition) is 5. The number of fused-ring (bicyclic) bond motifs is 1. The fourth-order valence-corrected chi connectivity index (χ4v) is 3.43. The van der Waals surface area contributed by atoms with Gasteiger partial charge in [0.2, 0.25) is 0 Å². The zero-order valence-corrected chi connectivity index (χ0v) is 14.7. The van der Waals surface area contributed by atoms with Crippen LogP contribution in [0.1, 0.15) is 32.7 Å². The average molecular weight is 368 g/mol. The third-order valence-corrected chi connectivity index (χ3v) is 4.91. The minimum absolute atomic E-state index is 0.00366. The molecule has 7 nitrogen and oxygen atoms in total. The van der Waals surface area contributed by atoms with Gasteiger partial charge in [-0.1, -0.05) is 18.5 Å². The van der Waals surface area contributed by atoms with Gasteiger partial charge in [-0.05, 0) is 19.4 Å². The van der Waals surface area contributed by atoms with Crippen LogP contribution in [0, 0.1) is 5.82 Å². The molecule has 0 unspecified atom stereocenters. The van der Waals surface area contributed by atoms with Crippen molar-refractivity contribution in [2.45, 2.75) is 32.7 Å². The maximum Gasteiger partial charge on any atom is 0.350 e. The molecule has 4 N–H and O–H groups in total. The number of benzene rings is 1. The molecular formula is C16H19ClFN5O2. The van der Waals surface area contributed by atoms with Gasteiger partial charge >= 0.3 is 5.69 Å². The van der Waals surface area contributed by atoms with Crippen LogP contribution in [0.25, 0.3) is 10.9 Å². The van der Waals surface area contributed by atoms with Crippen LogP contribution in [0.3, 0.4) is 0 Å². The van der Waals surface area contributed by atoms with Crippen LogP contribution in [-0.2, 0) is 0 Å². The molecule has 0 fully saturated rings. The lowest BCUT2D eigenvalue weighted by atomic mass is 10.1. The highest BCUT2D eigenvalue weighted by Crippen LogP contribution is 2.37. The summed E-state index contributed by atoms with van der Waals surface area (Å²) in [6.45, 7) is 4.16. The van der Waals surface area contributed by atoms with E-state index in [4.69, 9.17) is 23.2 Å². The summed E-state index contributed by atoms with van der Waals surface area (Å²) in [6, 6.07) is 0.795. The van der Waals surface area contributed by atoms with E-state index in [1.807, 2.05) is 6.92 Å². The molecule has 1 aromatic heterocycles. The maximum atomic E-state index is 14.7. The highest BCUT2D eigenvalue weighted by Gasteiger charge is 2.25. The number of anilines is 1. The van der Waals surface area contributed by atoms with Crippen LogP contribution < -0.4 is 27.7 Å². The molecule has 9 heteroatoms. The van der Waals surface area contributed by atoms with E-state index in [0.29, 0.717) is 29.8 Å². The van der Waals surface area contributed by atoms with Crippen molar-refractivity contribution in [2.75, 3.05) is 17.3 Å². The van der Waals surface area contributed by atoms with Crippen LogP contribution in [0.5, 0.6) is 0 Å². The second kappa shape index (κ2) is 6.11. The highest BCUT2D eigenvalue weighted by atomic mass is 35.5. The largest absolute Gasteiger partial charge is 0.401 e. The van der Waals surface area contributed by atoms with E-state index in [1.165, 1.54) is 4.57 Å². The summed E-state index contributed by atoms with van der Waals surface area (Å²) in [5.74, 6) is 4.92. The summed E-state index contributed by atoms with van der Waals surface area (Å²) < 4.78 is 16.5. The van der Waals surface area contributed by atoms with Crippen LogP contribution in [0.15, 0.2) is 27.6 Å². The minimum atomic E-state index is -0.789. The maximum absolute atomic E-state index is 14.7. The molecule has 0 aliphatic carbocycles. The second-order valence-corrected chi connectivity index (χ2v) is 6.53. The molecule has 1 aliphatic rings. The van der Waals surface area contributed by atoms with Crippen molar-refractivity contribution in [1.29, 1.82) is 0 Å². The van der Waals surface area contributed by atoms with Crippen molar-refractivity contribution >= 4 is 28.2 Å². The molecule has 1 atom stereocenters. The molecule has 2 heterocycles. The van der Waals surface area contributed by atoms with Gasteiger partial charge in [-0.15, -0.1) is 0 Å². The van der Waals surface area contributed by atoms with E-state index in [9.17, 15) is 14.0 Å². The second-order valence-electron chi connectivity index (χ2n) is 6.15. The Hall–Kier alpha value is -2.48. The van der Waals surface area contributed by atoms with Crippen molar-refractivity contribution in [3.63, 3.8) is 0 Å². The molecule has 25 heavy (non-hydrogen) atoms. The van der Waals surface area contributed by atoms with Gasteiger partial charge in [0.1, 0.15) is 5.82 Å². The summed E-state index contributed by atoms with van der Waals surface area (Å²) in [4.78, 5) is 26.5. The zero-order chi connectivity index (χ0) is 18.5. The van der Waals surface area contributed by atoms with Gasteiger partial charge in [-0.3, -0.25) is 9.36 Å². The Labute approximate surface area is 147 Å². The lowest BCUT2D eigenvalue weighted by Crippen LogP contribution is -2.45. The first-order valence-corrected chi connectivity index (χ1v) is 8.32. The van der Waals surface area contributed by atoms with Gasteiger partial charge in [0.25, 0.3) is 5.56 Å². The van der Waals surface area contributed by atoms with Crippen LogP contribution >= 0.6 is 11.6 Å². The molecule has 0 spiro atoms. The smallest absolute Gasteiger partial charge is 0.350 e. The SMILES string of the molecule is CC[C@H](C)n1c(=O)n(N)c(=O)c2cc(F)c(N3C=C(N)CC3)c(Cl)c21. The minimum Gasteiger partial charge on any atom is -0.401 e. The van der Waals surface area contributed by atoms with E-state index in [2.05, 4.69) is 0 Å². The first-order chi connectivity index (χ1) is 11.8. The van der Waals surface area contributed by atoms with Gasteiger partial charge in [0, 0.05) is 30.9 Å². The number of nitrogen functional groups attached to an aromatic ring is 1. The first kappa shape index (κ1) is 17.3. The van der Waals surface area contributed by atoms with E-state index in [0.717, 1.165) is 6.07 Å². The predicted molar refractivity (Wildman–Crippen MR) is 96.8 cm³/mol. The predicted octanol–water partition coefficient (Wildman–Crippen LogP) is 1.65. The molecular weight excluding hydrogens is 349 g/mol. The van der Waals surface area contributed by atoms with Crippen molar-refractivity contribution in [2.24, 2.45) is 5.73 Å². The standard InChI is InChI=1S/C16H19ClFN5O2/c1-3-8(2)22-13-10(15(24)23(20)16(22)25)6-11(18)14(12(13)17)21-5-4-9(19)7-21/h6-8H,3-5,19-20H2,1-2H3/t8-/m0/s1. The van der Waals surface area contributed by atoms with E-state index in [-0.39, 0.29) is 27.7 Å². The summed E-state index contributed by atoms with van der Waals surface area (Å²) in [7, 11) is 0. The quantitative estimate of drug-likeness (QED) is 0.803. The molecule has 0 amide bonds. The number of halogens is 2. The average Bonchev–Trinajstić information content (AvgIpc) is 2.99. The molecule has 0 radical (unpaired) electrons. The lowest BCUT2D eigenvalue weighted by Gasteiger charge is -2.23. The van der Waals surface area contributed by atoms with Gasteiger partial charge in [-0.2, -0.15) is 4.68 Å². The van der Waals surface area contributed by atoms with E-state index < -0.39 is 17.1 Å². The first-order valence-electron chi connectivity index (χ1n) is 7.95. The van der Waals surface area contributed by atoms with Crippen molar-refractivity contribution in [3.8, 4) is 0 Å². The summed E-state index contributed by atoms with van der Waals surface area (Å²) in [5, 5.41) is -0.0409. The summed E-state index contributed by atoms with van der Waals surface area (Å²) in [6.07, 6.45) is 2.79. The molecule has 0 saturated heterocycles. The van der Waals surface area contributed by atoms with Crippen LogP contribution in [-0.4, -0.2) is 15.8 Å². The lowest BCUT2D eigenvalue weighted by molar-refractivity contribution is 0.507. The fourth-order valence-electron chi connectivity index (χ4n) is 3.04. The summed E-state index contributed by atoms with van der Waals surface area (Å²) in [5.41, 5.74) is 5.18. The number of hydrogen-bond donors (Lipinski definition) is 2. The third kappa shape index (κ3) is 2.57. The fraction of sp³-hybridized carbons (Fsp3) is 0.375. The molecule has 1 aliphatic heterocycles. The van der Waals surface area contributed by atoms with Gasteiger partial charge in [0.05, 0.1) is 21.6 Å². The van der Waals surface area contributed by atoms with Gasteiger partial charge in [0.15, 0.2) is 0 Å². The Morgan fingerprint density at radius 1 is 1.40 bits per heavy atom. The van der Waals surface area contributed by atoms with Crippen LogP contribution in [0.4, 0.5) is 10.1 Å². The molecule has 3 rings (SSSR count). The Bertz CT molecular complexity index is 1010. The van der Waals surface area contributed by atoms with Crippen molar-refractivity contribution < 1.29 is 4.39 Å². The van der Waals surface area contributed by atoms with Gasteiger partial charge in [-0.25, -0.2) is 9.18 Å². The van der Waals surface area contributed by atoms with E-state index >= 15 is 0 Å². The van der Waals surface area contributed by atoms with Crippen LogP contribution in [0.2, 0.25) is 5.02 Å². The Morgan fingerprint density at radius 3 is 2.64 bits per heavy atom. The molecule has 2 aromatic rings. The highest BCUT2D eigenvalue weighted by molar-refractivity contribution is 6.38. The number of rotatable bonds is 3. The van der Waals surface area contributed by atoms with E-state index in [1.54, 1.807) is 18.0 Å². The zero-order valence-electron chi connectivity index (χ0n) is 13.9. The third-order valence-electron chi connectivity index (χ3n) is 4.55. The molecule has 0 bridgehead atoms. The Balaban J connectivity index is 2.47. The van der Waals surface area contributed by atoms with Gasteiger partial charge < -0.3 is 16.5 Å². The normalized spacial score (nSPS) is 15.7. The Kier molecular flexibility index (Phi) is 4.24. The van der Waals surface area contributed by atoms with Crippen molar-refractivity contribution in [1.82, 2.24) is 9.24 Å². The number of nitrogens with zero attached hydrogens (tertiary/aromatic N) is 3.